The molecule has 0 saturated carbocycles. The van der Waals surface area contributed by atoms with Crippen LogP contribution in [0.25, 0.3) is 0 Å². The summed E-state index contributed by atoms with van der Waals surface area (Å²) in [6.45, 7) is 4.92. The largest absolute Gasteiger partial charge is 0.472 e. The van der Waals surface area contributed by atoms with Crippen molar-refractivity contribution >= 4 is 39.5 Å². The number of phosphoric acid groups is 2. The van der Waals surface area contributed by atoms with Crippen LogP contribution < -0.4 is 0 Å². The van der Waals surface area contributed by atoms with Crippen LogP contribution in [0, 0.1) is 0 Å². The molecule has 0 bridgehead atoms. The van der Waals surface area contributed by atoms with Crippen molar-refractivity contribution in [1.82, 2.24) is 0 Å². The minimum absolute atomic E-state index is 0.107. The minimum atomic E-state index is -4.96. The van der Waals surface area contributed by atoms with Gasteiger partial charge in [0.1, 0.15) is 19.3 Å². The van der Waals surface area contributed by atoms with Crippen LogP contribution in [0.4, 0.5) is 0 Å². The van der Waals surface area contributed by atoms with Crippen LogP contribution >= 0.6 is 15.6 Å². The van der Waals surface area contributed by atoms with Gasteiger partial charge in [-0.05, 0) is 25.7 Å². The van der Waals surface area contributed by atoms with Gasteiger partial charge in [-0.1, -0.05) is 374 Å². The molecule has 0 aromatic heterocycles. The van der Waals surface area contributed by atoms with Crippen LogP contribution in [0.2, 0.25) is 0 Å². The van der Waals surface area contributed by atoms with Crippen LogP contribution in [0.3, 0.4) is 0 Å². The number of carbonyl (C=O) groups excluding carboxylic acids is 4. The Morgan fingerprint density at radius 1 is 0.245 bits per heavy atom. The Labute approximate surface area is 600 Å². The Morgan fingerprint density at radius 3 is 0.602 bits per heavy atom. The van der Waals surface area contributed by atoms with Crippen molar-refractivity contribution in [1.29, 1.82) is 0 Å². The smallest absolute Gasteiger partial charge is 0.462 e. The molecule has 0 aromatic rings. The van der Waals surface area contributed by atoms with Crippen LogP contribution in [0.1, 0.15) is 426 Å². The molecule has 0 aliphatic carbocycles. The number of unbranched alkanes of at least 4 members (excludes halogenated alkanes) is 54. The molecule has 582 valence electrons. The van der Waals surface area contributed by atoms with Crippen LogP contribution in [0.15, 0.2) is 0 Å². The van der Waals surface area contributed by atoms with E-state index in [4.69, 9.17) is 37.0 Å². The first-order valence-electron chi connectivity index (χ1n) is 41.3. The van der Waals surface area contributed by atoms with Crippen molar-refractivity contribution in [3.05, 3.63) is 0 Å². The lowest BCUT2D eigenvalue weighted by Gasteiger charge is -2.21. The maximum Gasteiger partial charge on any atom is 0.472 e. The molecule has 0 heterocycles. The van der Waals surface area contributed by atoms with Crippen LogP contribution in [-0.2, 0) is 65.4 Å². The quantitative estimate of drug-likeness (QED) is 0.0222. The highest BCUT2D eigenvalue weighted by atomic mass is 31.2. The fourth-order valence-electron chi connectivity index (χ4n) is 12.3. The van der Waals surface area contributed by atoms with Gasteiger partial charge in [0.2, 0.25) is 0 Å². The van der Waals surface area contributed by atoms with Gasteiger partial charge in [0.25, 0.3) is 0 Å². The second kappa shape index (κ2) is 73.4. The van der Waals surface area contributed by atoms with Gasteiger partial charge in [-0.25, -0.2) is 9.13 Å². The average molecular weight is 1440 g/mol. The van der Waals surface area contributed by atoms with E-state index in [0.29, 0.717) is 25.7 Å². The molecular weight excluding hydrogens is 1280 g/mol. The van der Waals surface area contributed by atoms with Crippen molar-refractivity contribution in [2.45, 2.75) is 444 Å². The van der Waals surface area contributed by atoms with Crippen LogP contribution in [-0.4, -0.2) is 96.7 Å². The van der Waals surface area contributed by atoms with Crippen molar-refractivity contribution in [3.8, 4) is 0 Å². The van der Waals surface area contributed by atoms with Crippen molar-refractivity contribution in [2.75, 3.05) is 39.6 Å². The molecule has 0 amide bonds. The van der Waals surface area contributed by atoms with Crippen molar-refractivity contribution < 1.29 is 80.2 Å². The molecule has 98 heavy (non-hydrogen) atoms. The van der Waals surface area contributed by atoms with Gasteiger partial charge < -0.3 is 33.8 Å². The first-order valence-corrected chi connectivity index (χ1v) is 44.3. The highest BCUT2D eigenvalue weighted by molar-refractivity contribution is 7.47. The number of carbonyl (C=O) groups is 4. The zero-order valence-electron chi connectivity index (χ0n) is 63.8. The average Bonchev–Trinajstić information content (AvgIpc) is 1.40. The van der Waals surface area contributed by atoms with E-state index in [1.807, 2.05) is 0 Å². The van der Waals surface area contributed by atoms with Gasteiger partial charge in [0.15, 0.2) is 12.2 Å². The Bertz CT molecular complexity index is 1860. The topological polar surface area (TPSA) is 237 Å². The molecule has 0 aliphatic heterocycles. The lowest BCUT2D eigenvalue weighted by Crippen LogP contribution is -2.30. The van der Waals surface area contributed by atoms with Gasteiger partial charge in [-0.3, -0.25) is 37.3 Å². The molecule has 0 aromatic carbocycles. The van der Waals surface area contributed by atoms with Gasteiger partial charge >= 0.3 is 39.5 Å². The number of esters is 4. The normalized spacial score (nSPS) is 13.8. The Kier molecular flexibility index (Phi) is 71.9. The Morgan fingerprint density at radius 2 is 0.408 bits per heavy atom. The fraction of sp³-hybridized carbons (Fsp3) is 0.949. The van der Waals surface area contributed by atoms with Gasteiger partial charge in [-0.15, -0.1) is 0 Å². The summed E-state index contributed by atoms with van der Waals surface area (Å²) in [7, 11) is -9.90. The summed E-state index contributed by atoms with van der Waals surface area (Å²) in [4.78, 5) is 72.6. The second-order valence-corrected chi connectivity index (χ2v) is 31.4. The van der Waals surface area contributed by atoms with E-state index in [-0.39, 0.29) is 25.7 Å². The number of hydrogen-bond donors (Lipinski definition) is 3. The third kappa shape index (κ3) is 72.4. The predicted molar refractivity (Wildman–Crippen MR) is 400 cm³/mol. The van der Waals surface area contributed by atoms with Gasteiger partial charge in [0, 0.05) is 25.7 Å². The zero-order chi connectivity index (χ0) is 71.8. The number of ether oxygens (including phenoxy) is 4. The van der Waals surface area contributed by atoms with Crippen molar-refractivity contribution in [2.24, 2.45) is 0 Å². The summed E-state index contributed by atoms with van der Waals surface area (Å²) in [5.74, 6) is -2.12. The molecule has 5 atom stereocenters. The summed E-state index contributed by atoms with van der Waals surface area (Å²) in [5, 5.41) is 10.6. The van der Waals surface area contributed by atoms with E-state index in [9.17, 15) is 43.2 Å². The third-order valence-electron chi connectivity index (χ3n) is 18.6. The molecule has 17 nitrogen and oxygen atoms in total. The highest BCUT2D eigenvalue weighted by Gasteiger charge is 2.30. The molecule has 0 radical (unpaired) electrons. The van der Waals surface area contributed by atoms with Gasteiger partial charge in [-0.2, -0.15) is 0 Å². The SMILES string of the molecule is CCCCCCCCCCCCCCCCCCCCCCCC(=O)O[C@H](COC(=O)CCCCCCCCCCCCCCCCCCCCC)COP(=O)(O)OC[C@@H](O)COP(=O)(O)OC[C@@H](COC(=O)CCCCCCC)OC(=O)CCCCCCCCCCCCCCC. The zero-order valence-corrected chi connectivity index (χ0v) is 65.6. The third-order valence-corrected chi connectivity index (χ3v) is 20.5. The van der Waals surface area contributed by atoms with E-state index in [1.54, 1.807) is 0 Å². The predicted octanol–water partition coefficient (Wildman–Crippen LogP) is 23.8. The number of aliphatic hydroxyl groups excluding tert-OH is 1. The van der Waals surface area contributed by atoms with E-state index >= 15 is 0 Å². The number of aliphatic hydroxyl groups is 1. The molecular formula is C79H154O17P2. The first kappa shape index (κ1) is 96.1. The fourth-order valence-corrected chi connectivity index (χ4v) is 13.9. The van der Waals surface area contributed by atoms with Crippen LogP contribution in [0.5, 0.6) is 0 Å². The maximum atomic E-state index is 13.1. The Balaban J connectivity index is 5.11. The van der Waals surface area contributed by atoms with E-state index in [0.717, 1.165) is 96.3 Å². The molecule has 3 N–H and O–H groups in total. The number of rotatable bonds is 80. The summed E-state index contributed by atoms with van der Waals surface area (Å²) in [6, 6.07) is 0. The minimum Gasteiger partial charge on any atom is -0.462 e. The molecule has 0 spiro atoms. The van der Waals surface area contributed by atoms with E-state index in [1.165, 1.54) is 250 Å². The maximum absolute atomic E-state index is 13.1. The number of phosphoric ester groups is 2. The molecule has 0 rings (SSSR count). The first-order chi connectivity index (χ1) is 47.7. The summed E-state index contributed by atoms with van der Waals surface area (Å²) < 4.78 is 68.4. The highest BCUT2D eigenvalue weighted by Crippen LogP contribution is 2.45. The van der Waals surface area contributed by atoms with Gasteiger partial charge in [0.05, 0.1) is 26.4 Å². The summed E-state index contributed by atoms with van der Waals surface area (Å²) in [5.41, 5.74) is 0. The second-order valence-electron chi connectivity index (χ2n) is 28.5. The molecule has 2 unspecified atom stereocenters. The molecule has 0 fully saturated rings. The molecule has 0 saturated heterocycles. The Hall–Kier alpha value is -1.94. The molecule has 19 heteroatoms. The standard InChI is InChI=1S/C79H154O17P2/c1-5-9-13-17-20-23-26-29-31-33-35-36-38-40-42-45-48-51-54-58-62-66-79(84)96-75(70-90-77(82)64-60-56-52-49-46-44-41-39-37-34-32-30-27-24-21-18-14-10-6-2)72-94-98(87,88)92-68-73(80)67-91-97(85,86)93-71-74(69-89-76(81)63-59-55-16-12-8-4)95-78(83)65-61-57-53-50-47-43-28-25-22-19-15-11-7-3/h73-75,80H,5-72H2,1-4H3,(H,85,86)(H,87,88)/t73-,74+,75+/m0/s1. The number of hydrogen-bond acceptors (Lipinski definition) is 15. The van der Waals surface area contributed by atoms with Crippen molar-refractivity contribution in [3.63, 3.8) is 0 Å². The lowest BCUT2D eigenvalue weighted by atomic mass is 10.0. The van der Waals surface area contributed by atoms with E-state index < -0.39 is 97.5 Å². The summed E-state index contributed by atoms with van der Waals surface area (Å²) >= 11 is 0. The lowest BCUT2D eigenvalue weighted by molar-refractivity contribution is -0.161. The monoisotopic (exact) mass is 1440 g/mol. The molecule has 0 aliphatic rings. The van der Waals surface area contributed by atoms with E-state index in [2.05, 4.69) is 27.7 Å². The summed E-state index contributed by atoms with van der Waals surface area (Å²) in [6.07, 6.45) is 65.8.